The molecule has 0 aromatic heterocycles. The number of hydrogen-bond donors (Lipinski definition) is 1. The van der Waals surface area contributed by atoms with E-state index in [9.17, 15) is 0 Å². The zero-order valence-corrected chi connectivity index (χ0v) is 15.9. The van der Waals surface area contributed by atoms with Crippen molar-refractivity contribution in [1.29, 1.82) is 0 Å². The van der Waals surface area contributed by atoms with Crippen molar-refractivity contribution in [3.8, 4) is 11.5 Å². The summed E-state index contributed by atoms with van der Waals surface area (Å²) in [5.74, 6) is 1.32. The summed E-state index contributed by atoms with van der Waals surface area (Å²) in [6, 6.07) is 23.6. The first kappa shape index (κ1) is 18.0. The van der Waals surface area contributed by atoms with E-state index in [1.807, 2.05) is 72.8 Å². The van der Waals surface area contributed by atoms with Gasteiger partial charge in [-0.25, -0.2) is 0 Å². The molecule has 3 rings (SSSR count). The maximum absolute atomic E-state index is 5.94. The smallest absolute Gasteiger partial charge is 0.175 e. The molecule has 0 aliphatic heterocycles. The molecule has 0 unspecified atom stereocenters. The summed E-state index contributed by atoms with van der Waals surface area (Å²) in [7, 11) is 1.63. The van der Waals surface area contributed by atoms with Crippen LogP contribution in [0.1, 0.15) is 11.1 Å². The molecule has 0 fully saturated rings. The van der Waals surface area contributed by atoms with Gasteiger partial charge < -0.3 is 9.47 Å². The Balaban J connectivity index is 1.72. The van der Waals surface area contributed by atoms with Crippen LogP contribution in [0, 0.1) is 0 Å². The number of ether oxygens (including phenoxy) is 2. The molecule has 0 aliphatic rings. The second-order valence-electron chi connectivity index (χ2n) is 5.54. The first-order valence-electron chi connectivity index (χ1n) is 8.14. The molecule has 1 N–H and O–H groups in total. The fourth-order valence-corrected chi connectivity index (χ4v) is 2.95. The summed E-state index contributed by atoms with van der Waals surface area (Å²) in [5, 5.41) is 4.26. The Morgan fingerprint density at radius 1 is 1.00 bits per heavy atom. The molecule has 0 radical (unpaired) electrons. The van der Waals surface area contributed by atoms with Crippen molar-refractivity contribution in [2.75, 3.05) is 12.5 Å². The van der Waals surface area contributed by atoms with Gasteiger partial charge in [0.2, 0.25) is 0 Å². The number of nitrogens with one attached hydrogen (secondary N) is 1. The molecule has 0 aliphatic carbocycles. The van der Waals surface area contributed by atoms with Crippen molar-refractivity contribution in [3.05, 3.63) is 88.4 Å². The van der Waals surface area contributed by atoms with E-state index in [2.05, 4.69) is 26.5 Å². The highest BCUT2D eigenvalue weighted by atomic mass is 79.9. The van der Waals surface area contributed by atoms with Gasteiger partial charge in [0.15, 0.2) is 11.5 Å². The SMILES string of the molecule is COc1cc(C=NNc2ccccc2)cc(Br)c1OCc1ccccc1. The van der Waals surface area contributed by atoms with Crippen molar-refractivity contribution in [3.63, 3.8) is 0 Å². The zero-order chi connectivity index (χ0) is 18.2. The Labute approximate surface area is 161 Å². The van der Waals surface area contributed by atoms with E-state index in [0.29, 0.717) is 18.1 Å². The van der Waals surface area contributed by atoms with Gasteiger partial charge in [-0.15, -0.1) is 0 Å². The van der Waals surface area contributed by atoms with Gasteiger partial charge in [-0.2, -0.15) is 5.10 Å². The highest BCUT2D eigenvalue weighted by molar-refractivity contribution is 9.10. The number of anilines is 1. The lowest BCUT2D eigenvalue weighted by Crippen LogP contribution is -2.00. The lowest BCUT2D eigenvalue weighted by Gasteiger charge is -2.13. The number of hydrazone groups is 1. The Morgan fingerprint density at radius 3 is 2.38 bits per heavy atom. The summed E-state index contributed by atoms with van der Waals surface area (Å²) in [6.45, 7) is 0.471. The van der Waals surface area contributed by atoms with Gasteiger partial charge in [-0.1, -0.05) is 48.5 Å². The molecule has 3 aromatic carbocycles. The molecule has 0 amide bonds. The van der Waals surface area contributed by atoms with Crippen LogP contribution in [-0.4, -0.2) is 13.3 Å². The first-order valence-corrected chi connectivity index (χ1v) is 8.94. The number of hydrogen-bond acceptors (Lipinski definition) is 4. The second-order valence-corrected chi connectivity index (χ2v) is 6.40. The van der Waals surface area contributed by atoms with Gasteiger partial charge in [0.25, 0.3) is 0 Å². The van der Waals surface area contributed by atoms with Gasteiger partial charge in [0.05, 0.1) is 23.5 Å². The molecule has 0 saturated carbocycles. The Morgan fingerprint density at radius 2 is 1.69 bits per heavy atom. The maximum atomic E-state index is 5.94. The fraction of sp³-hybridized carbons (Fsp3) is 0.0952. The zero-order valence-electron chi connectivity index (χ0n) is 14.4. The lowest BCUT2D eigenvalue weighted by molar-refractivity contribution is 0.282. The molecular weight excluding hydrogens is 392 g/mol. The van der Waals surface area contributed by atoms with Crippen LogP contribution in [0.25, 0.3) is 0 Å². The van der Waals surface area contributed by atoms with Gasteiger partial charge in [0.1, 0.15) is 6.61 Å². The van der Waals surface area contributed by atoms with E-state index in [0.717, 1.165) is 21.3 Å². The molecule has 0 saturated heterocycles. The van der Waals surface area contributed by atoms with Crippen LogP contribution in [0.15, 0.2) is 82.4 Å². The number of methoxy groups -OCH3 is 1. The number of halogens is 1. The number of benzene rings is 3. The number of para-hydroxylation sites is 1. The Hall–Kier alpha value is -2.79. The third-order valence-electron chi connectivity index (χ3n) is 3.66. The summed E-state index contributed by atoms with van der Waals surface area (Å²) in [4.78, 5) is 0. The van der Waals surface area contributed by atoms with E-state index >= 15 is 0 Å². The third kappa shape index (κ3) is 4.86. The highest BCUT2D eigenvalue weighted by Crippen LogP contribution is 2.36. The standard InChI is InChI=1S/C21H19BrN2O2/c1-25-20-13-17(14-23-24-18-10-6-3-7-11-18)12-19(22)21(20)26-15-16-8-4-2-5-9-16/h2-14,24H,15H2,1H3. The van der Waals surface area contributed by atoms with Gasteiger partial charge in [0, 0.05) is 0 Å². The van der Waals surface area contributed by atoms with Gasteiger partial charge in [-0.3, -0.25) is 5.43 Å². The van der Waals surface area contributed by atoms with Gasteiger partial charge >= 0.3 is 0 Å². The van der Waals surface area contributed by atoms with Crippen molar-refractivity contribution < 1.29 is 9.47 Å². The second kappa shape index (κ2) is 9.06. The number of rotatable bonds is 7. The van der Waals surface area contributed by atoms with Crippen molar-refractivity contribution in [2.24, 2.45) is 5.10 Å². The molecule has 132 valence electrons. The quantitative estimate of drug-likeness (QED) is 0.414. The monoisotopic (exact) mass is 410 g/mol. The van der Waals surface area contributed by atoms with Crippen LogP contribution in [0.3, 0.4) is 0 Å². The van der Waals surface area contributed by atoms with E-state index in [-0.39, 0.29) is 0 Å². The summed E-state index contributed by atoms with van der Waals surface area (Å²) in [6.07, 6.45) is 1.74. The number of nitrogens with zero attached hydrogens (tertiary/aromatic N) is 1. The van der Waals surface area contributed by atoms with Crippen LogP contribution in [-0.2, 0) is 6.61 Å². The average Bonchev–Trinajstić information content (AvgIpc) is 2.68. The van der Waals surface area contributed by atoms with Crippen LogP contribution in [0.2, 0.25) is 0 Å². The third-order valence-corrected chi connectivity index (χ3v) is 4.25. The molecule has 0 heterocycles. The lowest BCUT2D eigenvalue weighted by atomic mass is 10.2. The summed E-state index contributed by atoms with van der Waals surface area (Å²) >= 11 is 3.56. The molecule has 0 spiro atoms. The molecule has 5 heteroatoms. The minimum Gasteiger partial charge on any atom is -0.493 e. The van der Waals surface area contributed by atoms with Crippen molar-refractivity contribution in [2.45, 2.75) is 6.61 Å². The van der Waals surface area contributed by atoms with Crippen molar-refractivity contribution >= 4 is 27.8 Å². The summed E-state index contributed by atoms with van der Waals surface area (Å²) in [5.41, 5.74) is 5.91. The minimum absolute atomic E-state index is 0.471. The maximum Gasteiger partial charge on any atom is 0.175 e. The first-order chi connectivity index (χ1) is 12.8. The average molecular weight is 411 g/mol. The van der Waals surface area contributed by atoms with E-state index in [1.54, 1.807) is 13.3 Å². The minimum atomic E-state index is 0.471. The van der Waals surface area contributed by atoms with Crippen LogP contribution >= 0.6 is 15.9 Å². The molecule has 0 bridgehead atoms. The molecule has 3 aromatic rings. The van der Waals surface area contributed by atoms with E-state index in [1.165, 1.54) is 0 Å². The predicted molar refractivity (Wildman–Crippen MR) is 109 cm³/mol. The molecular formula is C21H19BrN2O2. The van der Waals surface area contributed by atoms with Crippen LogP contribution in [0.4, 0.5) is 5.69 Å². The van der Waals surface area contributed by atoms with E-state index < -0.39 is 0 Å². The Kier molecular flexibility index (Phi) is 6.28. The molecule has 0 atom stereocenters. The normalized spacial score (nSPS) is 10.7. The van der Waals surface area contributed by atoms with Crippen molar-refractivity contribution in [1.82, 2.24) is 0 Å². The predicted octanol–water partition coefficient (Wildman–Crippen LogP) is 5.48. The molecule has 4 nitrogen and oxygen atoms in total. The van der Waals surface area contributed by atoms with Crippen LogP contribution in [0.5, 0.6) is 11.5 Å². The fourth-order valence-electron chi connectivity index (χ4n) is 2.38. The van der Waals surface area contributed by atoms with Crippen LogP contribution < -0.4 is 14.9 Å². The largest absolute Gasteiger partial charge is 0.493 e. The molecule has 26 heavy (non-hydrogen) atoms. The topological polar surface area (TPSA) is 42.8 Å². The highest BCUT2D eigenvalue weighted by Gasteiger charge is 2.11. The Bertz CT molecular complexity index is 868. The summed E-state index contributed by atoms with van der Waals surface area (Å²) < 4.78 is 12.2. The van der Waals surface area contributed by atoms with E-state index in [4.69, 9.17) is 9.47 Å². The van der Waals surface area contributed by atoms with Gasteiger partial charge in [-0.05, 0) is 51.3 Å².